The van der Waals surface area contributed by atoms with Crippen LogP contribution in [-0.2, 0) is 0 Å². The molecule has 0 unspecified atom stereocenters. The van der Waals surface area contributed by atoms with Crippen LogP contribution in [0.4, 0.5) is 0 Å². The van der Waals surface area contributed by atoms with Crippen LogP contribution in [-0.4, -0.2) is 28.9 Å². The molecule has 5 aromatic rings. The number of amides is 1. The lowest BCUT2D eigenvalue weighted by Gasteiger charge is -2.15. The summed E-state index contributed by atoms with van der Waals surface area (Å²) in [5.74, 6) is 0.495. The van der Waals surface area contributed by atoms with Crippen molar-refractivity contribution in [3.05, 3.63) is 77.9 Å². The highest BCUT2D eigenvalue weighted by atomic mass is 127. The first-order chi connectivity index (χ1) is 15.9. The van der Waals surface area contributed by atoms with Crippen molar-refractivity contribution < 1.29 is 4.79 Å². The van der Waals surface area contributed by atoms with E-state index >= 15 is 0 Å². The Labute approximate surface area is 205 Å². The van der Waals surface area contributed by atoms with Crippen LogP contribution in [0, 0.1) is 0 Å². The lowest BCUT2D eigenvalue weighted by molar-refractivity contribution is 0.0930. The average Bonchev–Trinajstić information content (AvgIpc) is 3.39. The number of carbonyl (C=O) groups excluding carboxylic acids is 1. The van der Waals surface area contributed by atoms with E-state index in [1.807, 2.05) is 46.2 Å². The van der Waals surface area contributed by atoms with Gasteiger partial charge >= 0.3 is 0 Å². The molecule has 2 aromatic carbocycles. The van der Waals surface area contributed by atoms with Gasteiger partial charge in [0.1, 0.15) is 5.69 Å². The first kappa shape index (κ1) is 21.6. The molecule has 0 aliphatic heterocycles. The first-order valence-electron chi connectivity index (χ1n) is 10.8. The minimum atomic E-state index is -0.233. The molecule has 0 fully saturated rings. The number of hydrogen-bond acceptors (Lipinski definition) is 4. The van der Waals surface area contributed by atoms with E-state index in [9.17, 15) is 4.79 Å². The molecular formula is C25H23IN6O. The quantitative estimate of drug-likeness (QED) is 0.272. The molecule has 2 N–H and O–H groups in total. The van der Waals surface area contributed by atoms with Crippen LogP contribution in [0.2, 0.25) is 0 Å². The van der Waals surface area contributed by atoms with Crippen LogP contribution >= 0.6 is 22.9 Å². The fraction of sp³-hybridized carbons (Fsp3) is 0.200. The second-order valence-corrected chi connectivity index (χ2v) is 9.35. The Kier molecular flexibility index (Phi) is 5.61. The van der Waals surface area contributed by atoms with Gasteiger partial charge in [0, 0.05) is 23.3 Å². The maximum atomic E-state index is 13.0. The third-order valence-corrected chi connectivity index (χ3v) is 6.57. The van der Waals surface area contributed by atoms with E-state index < -0.39 is 0 Å². The van der Waals surface area contributed by atoms with Crippen molar-refractivity contribution in [3.8, 4) is 11.3 Å². The number of nitrogens with one attached hydrogen (secondary N) is 2. The summed E-state index contributed by atoms with van der Waals surface area (Å²) in [6.45, 7) is 6.31. The highest BCUT2D eigenvalue weighted by Crippen LogP contribution is 2.31. The average molecular weight is 550 g/mol. The van der Waals surface area contributed by atoms with Gasteiger partial charge in [0.2, 0.25) is 0 Å². The van der Waals surface area contributed by atoms with Crippen molar-refractivity contribution in [1.29, 1.82) is 0 Å². The highest BCUT2D eigenvalue weighted by molar-refractivity contribution is 14.1. The maximum absolute atomic E-state index is 13.0. The Balaban J connectivity index is 1.46. The Morgan fingerprint density at radius 1 is 1.06 bits per heavy atom. The summed E-state index contributed by atoms with van der Waals surface area (Å²) < 4.78 is 1.81. The number of hydrogen-bond donors (Lipinski definition) is 2. The number of nitrogens with zero attached hydrogens (tertiary/aromatic N) is 4. The molecule has 7 nitrogen and oxygen atoms in total. The van der Waals surface area contributed by atoms with Crippen molar-refractivity contribution in [2.45, 2.75) is 32.7 Å². The fourth-order valence-corrected chi connectivity index (χ4v) is 4.56. The number of carbonyl (C=O) groups is 1. The minimum Gasteiger partial charge on any atom is -0.343 e. The minimum absolute atomic E-state index is 0.135. The van der Waals surface area contributed by atoms with E-state index in [1.165, 1.54) is 5.56 Å². The van der Waals surface area contributed by atoms with E-state index in [2.05, 4.69) is 74.2 Å². The van der Waals surface area contributed by atoms with Crippen molar-refractivity contribution in [2.24, 2.45) is 0 Å². The van der Waals surface area contributed by atoms with Gasteiger partial charge in [-0.15, -0.1) is 0 Å². The third-order valence-electron chi connectivity index (χ3n) is 5.83. The predicted octanol–water partition coefficient (Wildman–Crippen LogP) is 5.79. The molecular weight excluding hydrogens is 527 g/mol. The number of pyridine rings is 1. The summed E-state index contributed by atoms with van der Waals surface area (Å²) in [6, 6.07) is 16.0. The second-order valence-electron chi connectivity index (χ2n) is 8.44. The largest absolute Gasteiger partial charge is 0.343 e. The molecule has 1 amide bonds. The van der Waals surface area contributed by atoms with Gasteiger partial charge in [0.05, 0.1) is 45.5 Å². The number of imidazole rings is 1. The predicted molar refractivity (Wildman–Crippen MR) is 138 cm³/mol. The highest BCUT2D eigenvalue weighted by Gasteiger charge is 2.18. The van der Waals surface area contributed by atoms with Crippen molar-refractivity contribution in [2.75, 3.05) is 0 Å². The molecule has 0 aliphatic carbocycles. The number of rotatable bonds is 5. The van der Waals surface area contributed by atoms with Gasteiger partial charge in [-0.2, -0.15) is 5.10 Å². The number of aromatic amines is 1. The van der Waals surface area contributed by atoms with Crippen LogP contribution < -0.4 is 5.32 Å². The lowest BCUT2D eigenvalue weighted by atomic mass is 9.98. The molecule has 0 aliphatic rings. The van der Waals surface area contributed by atoms with Crippen LogP contribution in [0.15, 0.2) is 60.9 Å². The zero-order valence-corrected chi connectivity index (χ0v) is 20.7. The molecule has 166 valence electrons. The molecule has 8 heteroatoms. The molecule has 0 saturated carbocycles. The van der Waals surface area contributed by atoms with Crippen LogP contribution in [0.3, 0.4) is 0 Å². The second kappa shape index (κ2) is 8.58. The van der Waals surface area contributed by atoms with Crippen LogP contribution in [0.5, 0.6) is 0 Å². The number of halogens is 1. The molecule has 5 rings (SSSR count). The van der Waals surface area contributed by atoms with E-state index in [-0.39, 0.29) is 11.9 Å². The molecule has 3 heterocycles. The topological polar surface area (TPSA) is 88.5 Å². The molecule has 3 aromatic heterocycles. The number of benzene rings is 2. The smallest absolute Gasteiger partial charge is 0.287 e. The normalized spacial score (nSPS) is 12.5. The summed E-state index contributed by atoms with van der Waals surface area (Å²) in [5.41, 5.74) is 6.63. The van der Waals surface area contributed by atoms with E-state index in [4.69, 9.17) is 0 Å². The van der Waals surface area contributed by atoms with Gasteiger partial charge < -0.3 is 10.3 Å². The third kappa shape index (κ3) is 4.10. The number of H-pyrrole nitrogens is 1. The van der Waals surface area contributed by atoms with Gasteiger partial charge in [0.25, 0.3) is 5.91 Å². The number of fused-ring (bicyclic) bond motifs is 2. The van der Waals surface area contributed by atoms with Crippen LogP contribution in [0.1, 0.15) is 54.5 Å². The standard InChI is InChI=1S/C25H23IN6O/c1-14(2)17-5-4-6-18(11-17)15(3)28-25(33)24-29-20-12-19-22(13-21(20)30-24)32(26)31-23(19)16-7-9-27-10-8-16/h4-15H,1-3H3,(H,28,33)(H,29,30)/t15-/m1/s1. The summed E-state index contributed by atoms with van der Waals surface area (Å²) in [4.78, 5) is 24.8. The zero-order chi connectivity index (χ0) is 23.1. The Morgan fingerprint density at radius 2 is 1.82 bits per heavy atom. The maximum Gasteiger partial charge on any atom is 0.287 e. The van der Waals surface area contributed by atoms with Crippen molar-refractivity contribution in [1.82, 2.24) is 28.3 Å². The lowest BCUT2D eigenvalue weighted by Crippen LogP contribution is -2.27. The molecule has 0 spiro atoms. The molecule has 0 radical (unpaired) electrons. The summed E-state index contributed by atoms with van der Waals surface area (Å²) in [7, 11) is 0. The molecule has 33 heavy (non-hydrogen) atoms. The monoisotopic (exact) mass is 550 g/mol. The summed E-state index contributed by atoms with van der Waals surface area (Å²) in [6.07, 6.45) is 3.50. The van der Waals surface area contributed by atoms with Gasteiger partial charge in [-0.3, -0.25) is 9.78 Å². The van der Waals surface area contributed by atoms with E-state index in [1.54, 1.807) is 12.4 Å². The Morgan fingerprint density at radius 3 is 2.58 bits per heavy atom. The van der Waals surface area contributed by atoms with Gasteiger partial charge in [0.15, 0.2) is 5.82 Å². The van der Waals surface area contributed by atoms with Crippen molar-refractivity contribution in [3.63, 3.8) is 0 Å². The van der Waals surface area contributed by atoms with Gasteiger partial charge in [-0.05, 0) is 48.2 Å². The fourth-order valence-electron chi connectivity index (χ4n) is 3.95. The SMILES string of the molecule is CC(C)c1cccc([C@@H](C)NC(=O)c2nc3cc4c(-c5ccncc5)nn(I)c4cc3[nH]2)c1. The first-order valence-corrected chi connectivity index (χ1v) is 11.8. The molecule has 0 bridgehead atoms. The summed E-state index contributed by atoms with van der Waals surface area (Å²) in [5, 5.41) is 8.70. The Hall–Kier alpha value is -3.27. The zero-order valence-electron chi connectivity index (χ0n) is 18.5. The molecule has 0 saturated heterocycles. The number of aromatic nitrogens is 5. The van der Waals surface area contributed by atoms with Crippen molar-refractivity contribution >= 4 is 50.7 Å². The van der Waals surface area contributed by atoms with Gasteiger partial charge in [-0.1, -0.05) is 38.1 Å². The Bertz CT molecular complexity index is 1470. The molecule has 1 atom stereocenters. The summed E-state index contributed by atoms with van der Waals surface area (Å²) >= 11 is 2.16. The van der Waals surface area contributed by atoms with Crippen LogP contribution in [0.25, 0.3) is 33.2 Å². The van der Waals surface area contributed by atoms with E-state index in [0.717, 1.165) is 38.8 Å². The van der Waals surface area contributed by atoms with E-state index in [0.29, 0.717) is 11.7 Å². The van der Waals surface area contributed by atoms with Gasteiger partial charge in [-0.25, -0.2) is 7.88 Å².